The van der Waals surface area contributed by atoms with Crippen LogP contribution in [0.15, 0.2) is 67.0 Å². The number of amides is 1. The maximum absolute atomic E-state index is 13.9. The highest BCUT2D eigenvalue weighted by atomic mass is 19.4. The molecule has 0 saturated heterocycles. The third-order valence-electron chi connectivity index (χ3n) is 6.57. The van der Waals surface area contributed by atoms with Crippen molar-refractivity contribution in [2.75, 3.05) is 44.4 Å². The minimum Gasteiger partial charge on any atom is -0.438 e. The van der Waals surface area contributed by atoms with E-state index in [0.29, 0.717) is 59.5 Å². The van der Waals surface area contributed by atoms with E-state index >= 15 is 0 Å². The fourth-order valence-electron chi connectivity index (χ4n) is 4.24. The number of benzene rings is 2. The first-order valence-electron chi connectivity index (χ1n) is 13.4. The summed E-state index contributed by atoms with van der Waals surface area (Å²) in [4.78, 5) is 29.6. The SMILES string of the molecule is CCc1nccc(-c2cccnc2Oc2ccc(NC(=O)c3ccc(N(C)CCN(C)C)c(C(F)(F)F)c3)cc2C)n1. The van der Waals surface area contributed by atoms with Gasteiger partial charge in [0.2, 0.25) is 5.88 Å². The Morgan fingerprint density at radius 2 is 1.76 bits per heavy atom. The van der Waals surface area contributed by atoms with Crippen molar-refractivity contribution in [3.05, 3.63) is 89.5 Å². The number of halogens is 3. The van der Waals surface area contributed by atoms with Crippen molar-refractivity contribution in [3.8, 4) is 22.9 Å². The van der Waals surface area contributed by atoms with Gasteiger partial charge in [0.25, 0.3) is 5.91 Å². The number of carbonyl (C=O) groups excluding carboxylic acids is 1. The number of pyridine rings is 1. The smallest absolute Gasteiger partial charge is 0.418 e. The van der Waals surface area contributed by atoms with Crippen LogP contribution in [0.25, 0.3) is 11.3 Å². The van der Waals surface area contributed by atoms with Gasteiger partial charge in [-0.05, 0) is 81.2 Å². The number of nitrogens with one attached hydrogen (secondary N) is 1. The Morgan fingerprint density at radius 1 is 0.976 bits per heavy atom. The number of likely N-dealkylation sites (N-methyl/N-ethyl adjacent to an activating group) is 2. The summed E-state index contributed by atoms with van der Waals surface area (Å²) >= 11 is 0. The summed E-state index contributed by atoms with van der Waals surface area (Å²) in [7, 11) is 5.30. The lowest BCUT2D eigenvalue weighted by atomic mass is 10.1. The zero-order valence-corrected chi connectivity index (χ0v) is 24.2. The number of hydrogen-bond donors (Lipinski definition) is 1. The monoisotopic (exact) mass is 578 g/mol. The number of anilines is 2. The molecule has 2 aromatic carbocycles. The van der Waals surface area contributed by atoms with Gasteiger partial charge in [-0.1, -0.05) is 6.92 Å². The third-order valence-corrected chi connectivity index (χ3v) is 6.57. The minimum atomic E-state index is -4.62. The second-order valence-electron chi connectivity index (χ2n) is 10.1. The maximum Gasteiger partial charge on any atom is 0.418 e. The summed E-state index contributed by atoms with van der Waals surface area (Å²) in [6.07, 6.45) is -0.631. The summed E-state index contributed by atoms with van der Waals surface area (Å²) in [5, 5.41) is 2.69. The van der Waals surface area contributed by atoms with E-state index < -0.39 is 17.6 Å². The Kier molecular flexibility index (Phi) is 9.41. The van der Waals surface area contributed by atoms with E-state index in [4.69, 9.17) is 4.74 Å². The Hall–Kier alpha value is -4.51. The van der Waals surface area contributed by atoms with Gasteiger partial charge < -0.3 is 19.9 Å². The molecule has 0 aliphatic heterocycles. The Morgan fingerprint density at radius 3 is 2.45 bits per heavy atom. The lowest BCUT2D eigenvalue weighted by Gasteiger charge is -2.25. The first-order chi connectivity index (χ1) is 20.0. The van der Waals surface area contributed by atoms with Crippen molar-refractivity contribution >= 4 is 17.3 Å². The molecule has 8 nitrogen and oxygen atoms in total. The van der Waals surface area contributed by atoms with Crippen molar-refractivity contribution in [2.24, 2.45) is 0 Å². The molecule has 0 radical (unpaired) electrons. The lowest BCUT2D eigenvalue weighted by molar-refractivity contribution is -0.137. The van der Waals surface area contributed by atoms with Crippen LogP contribution in [0, 0.1) is 6.92 Å². The zero-order valence-electron chi connectivity index (χ0n) is 24.2. The van der Waals surface area contributed by atoms with Gasteiger partial charge in [0.15, 0.2) is 0 Å². The third kappa shape index (κ3) is 7.41. The lowest BCUT2D eigenvalue weighted by Crippen LogP contribution is -2.30. The van der Waals surface area contributed by atoms with Crippen LogP contribution in [-0.4, -0.2) is 60.0 Å². The second kappa shape index (κ2) is 13.0. The molecule has 11 heteroatoms. The van der Waals surface area contributed by atoms with Crippen LogP contribution in [0.4, 0.5) is 24.5 Å². The van der Waals surface area contributed by atoms with Crippen molar-refractivity contribution in [1.82, 2.24) is 19.9 Å². The molecule has 0 aliphatic rings. The maximum atomic E-state index is 13.9. The molecule has 2 heterocycles. The average molecular weight is 579 g/mol. The normalized spacial score (nSPS) is 11.5. The zero-order chi connectivity index (χ0) is 30.4. The van der Waals surface area contributed by atoms with Crippen molar-refractivity contribution in [2.45, 2.75) is 26.4 Å². The van der Waals surface area contributed by atoms with Crippen molar-refractivity contribution in [1.29, 1.82) is 0 Å². The predicted molar refractivity (Wildman–Crippen MR) is 157 cm³/mol. The molecule has 4 aromatic rings. The van der Waals surface area contributed by atoms with Gasteiger partial charge >= 0.3 is 6.18 Å². The van der Waals surface area contributed by atoms with E-state index in [1.165, 1.54) is 17.0 Å². The first kappa shape index (κ1) is 30.4. The molecule has 1 N–H and O–H groups in total. The molecule has 42 heavy (non-hydrogen) atoms. The fraction of sp³-hybridized carbons (Fsp3) is 0.290. The van der Waals surface area contributed by atoms with E-state index in [2.05, 4.69) is 20.3 Å². The highest BCUT2D eigenvalue weighted by molar-refractivity contribution is 6.04. The number of carbonyl (C=O) groups is 1. The van der Waals surface area contributed by atoms with E-state index in [1.54, 1.807) is 56.7 Å². The highest BCUT2D eigenvalue weighted by Crippen LogP contribution is 2.37. The van der Waals surface area contributed by atoms with E-state index in [0.717, 1.165) is 6.07 Å². The van der Waals surface area contributed by atoms with Gasteiger partial charge in [-0.25, -0.2) is 15.0 Å². The van der Waals surface area contributed by atoms with Crippen LogP contribution in [0.3, 0.4) is 0 Å². The average Bonchev–Trinajstić information content (AvgIpc) is 2.96. The molecule has 0 aliphatic carbocycles. The second-order valence-corrected chi connectivity index (χ2v) is 10.1. The Labute approximate surface area is 243 Å². The number of alkyl halides is 3. The van der Waals surface area contributed by atoms with Gasteiger partial charge in [-0.3, -0.25) is 4.79 Å². The molecule has 0 atom stereocenters. The van der Waals surface area contributed by atoms with Gasteiger partial charge in [0.1, 0.15) is 11.6 Å². The largest absolute Gasteiger partial charge is 0.438 e. The van der Waals surface area contributed by atoms with Crippen molar-refractivity contribution in [3.63, 3.8) is 0 Å². The topological polar surface area (TPSA) is 83.5 Å². The first-order valence-corrected chi connectivity index (χ1v) is 13.4. The number of nitrogens with zero attached hydrogens (tertiary/aromatic N) is 5. The van der Waals surface area contributed by atoms with Crippen LogP contribution in [0.5, 0.6) is 11.6 Å². The highest BCUT2D eigenvalue weighted by Gasteiger charge is 2.35. The number of ether oxygens (including phenoxy) is 1. The summed E-state index contributed by atoms with van der Waals surface area (Å²) in [5.41, 5.74) is 1.53. The number of aromatic nitrogens is 3. The van der Waals surface area contributed by atoms with E-state index in [1.807, 2.05) is 32.0 Å². The summed E-state index contributed by atoms with van der Waals surface area (Å²) < 4.78 is 47.9. The molecular formula is C31H33F3N6O2. The Balaban J connectivity index is 1.53. The summed E-state index contributed by atoms with van der Waals surface area (Å²) in [5.74, 6) is 0.904. The van der Waals surface area contributed by atoms with Crippen LogP contribution in [0.1, 0.15) is 34.2 Å². The Bertz CT molecular complexity index is 1560. The van der Waals surface area contributed by atoms with Gasteiger partial charge in [0.05, 0.1) is 16.8 Å². The number of hydrogen-bond acceptors (Lipinski definition) is 7. The predicted octanol–water partition coefficient (Wildman–Crippen LogP) is 6.47. The standard InChI is InChI=1S/C31H33F3N6O2/c1-6-28-35-15-13-25(38-28)23-8-7-14-36-30(23)42-27-12-10-22(18-20(27)2)37-29(41)21-9-11-26(24(19-21)31(32,33)34)40(5)17-16-39(3)4/h7-15,18-19H,6,16-17H2,1-5H3,(H,37,41). The fourth-order valence-corrected chi connectivity index (χ4v) is 4.24. The summed E-state index contributed by atoms with van der Waals surface area (Å²) in [6, 6.07) is 14.0. The summed E-state index contributed by atoms with van der Waals surface area (Å²) in [6.45, 7) is 4.75. The van der Waals surface area contributed by atoms with Gasteiger partial charge in [-0.2, -0.15) is 13.2 Å². The quantitative estimate of drug-likeness (QED) is 0.231. The molecule has 0 spiro atoms. The van der Waals surface area contributed by atoms with Crippen molar-refractivity contribution < 1.29 is 22.7 Å². The molecule has 0 saturated carbocycles. The van der Waals surface area contributed by atoms with E-state index in [9.17, 15) is 18.0 Å². The van der Waals surface area contributed by atoms with Crippen LogP contribution in [-0.2, 0) is 12.6 Å². The van der Waals surface area contributed by atoms with Crippen LogP contribution < -0.4 is 15.0 Å². The number of rotatable bonds is 10. The van der Waals surface area contributed by atoms with Gasteiger partial charge in [0, 0.05) is 55.9 Å². The van der Waals surface area contributed by atoms with Gasteiger partial charge in [-0.15, -0.1) is 0 Å². The molecule has 0 unspecified atom stereocenters. The molecule has 0 bridgehead atoms. The number of aryl methyl sites for hydroxylation is 2. The molecule has 4 rings (SSSR count). The molecular weight excluding hydrogens is 545 g/mol. The molecule has 2 aromatic heterocycles. The minimum absolute atomic E-state index is 0.0139. The molecule has 0 fully saturated rings. The van der Waals surface area contributed by atoms with Crippen LogP contribution in [0.2, 0.25) is 0 Å². The van der Waals surface area contributed by atoms with Crippen LogP contribution >= 0.6 is 0 Å². The molecule has 220 valence electrons. The van der Waals surface area contributed by atoms with E-state index in [-0.39, 0.29) is 11.3 Å². The molecule has 1 amide bonds.